The Balaban J connectivity index is 1.91. The quantitative estimate of drug-likeness (QED) is 0.788. The fourth-order valence-electron chi connectivity index (χ4n) is 1.55. The highest BCUT2D eigenvalue weighted by atomic mass is 35.5. The molecule has 2 N–H and O–H groups in total. The molecule has 1 fully saturated rings. The van der Waals surface area contributed by atoms with Crippen LogP contribution in [0.5, 0.6) is 5.75 Å². The molecule has 0 aromatic heterocycles. The van der Waals surface area contributed by atoms with Gasteiger partial charge in [-0.15, -0.1) is 0 Å². The summed E-state index contributed by atoms with van der Waals surface area (Å²) in [4.78, 5) is 21.9. The molecule has 0 radical (unpaired) electrons. The van der Waals surface area contributed by atoms with Crippen molar-refractivity contribution < 1.29 is 19.4 Å². The number of halogens is 1. The maximum Gasteiger partial charge on any atom is 0.328 e. The number of benzene rings is 1. The lowest BCUT2D eigenvalue weighted by Crippen LogP contribution is -2.30. The van der Waals surface area contributed by atoms with Gasteiger partial charge in [0.2, 0.25) is 0 Å². The highest BCUT2D eigenvalue weighted by molar-refractivity contribution is 6.32. The molecule has 1 saturated carbocycles. The van der Waals surface area contributed by atoms with Crippen LogP contribution in [0.25, 0.3) is 6.08 Å². The Morgan fingerprint density at radius 3 is 2.80 bits per heavy atom. The summed E-state index contributed by atoms with van der Waals surface area (Å²) in [6, 6.07) is 5.15. The number of carbonyl (C=O) groups excluding carboxylic acids is 1. The Bertz CT molecular complexity index is 552. The summed E-state index contributed by atoms with van der Waals surface area (Å²) in [6.07, 6.45) is 4.50. The molecule has 1 aliphatic rings. The molecule has 1 aliphatic carbocycles. The fourth-order valence-corrected chi connectivity index (χ4v) is 1.79. The van der Waals surface area contributed by atoms with Crippen molar-refractivity contribution in [1.29, 1.82) is 0 Å². The van der Waals surface area contributed by atoms with Gasteiger partial charge in [-0.2, -0.15) is 0 Å². The van der Waals surface area contributed by atoms with Crippen molar-refractivity contribution in [3.05, 3.63) is 34.9 Å². The molecule has 20 heavy (non-hydrogen) atoms. The normalized spacial score (nSPS) is 14.2. The van der Waals surface area contributed by atoms with E-state index in [0.717, 1.165) is 18.9 Å². The highest BCUT2D eigenvalue weighted by Gasteiger charge is 2.23. The summed E-state index contributed by atoms with van der Waals surface area (Å²) in [6.45, 7) is -0.0828. The van der Waals surface area contributed by atoms with Crippen LogP contribution in [-0.2, 0) is 9.59 Å². The summed E-state index contributed by atoms with van der Waals surface area (Å²) >= 11 is 6.01. The molecule has 2 rings (SSSR count). The summed E-state index contributed by atoms with van der Waals surface area (Å²) < 4.78 is 5.32. The van der Waals surface area contributed by atoms with Crippen LogP contribution in [0.15, 0.2) is 24.3 Å². The number of carbonyl (C=O) groups is 2. The minimum Gasteiger partial charge on any atom is -0.482 e. The molecule has 106 valence electrons. The van der Waals surface area contributed by atoms with Crippen LogP contribution in [0.1, 0.15) is 18.4 Å². The van der Waals surface area contributed by atoms with Gasteiger partial charge in [0.1, 0.15) is 5.75 Å². The van der Waals surface area contributed by atoms with Crippen molar-refractivity contribution in [2.24, 2.45) is 0 Å². The summed E-state index contributed by atoms with van der Waals surface area (Å²) in [5, 5.41) is 11.7. The molecule has 0 heterocycles. The predicted octanol–water partition coefficient (Wildman–Crippen LogP) is 2.10. The summed E-state index contributed by atoms with van der Waals surface area (Å²) in [5.41, 5.74) is 0.646. The van der Waals surface area contributed by atoms with Crippen molar-refractivity contribution in [3.63, 3.8) is 0 Å². The van der Waals surface area contributed by atoms with E-state index in [9.17, 15) is 9.59 Å². The Hall–Kier alpha value is -2.01. The largest absolute Gasteiger partial charge is 0.482 e. The minimum atomic E-state index is -1.03. The lowest BCUT2D eigenvalue weighted by atomic mass is 10.2. The van der Waals surface area contributed by atoms with Gasteiger partial charge in [0, 0.05) is 12.1 Å². The van der Waals surface area contributed by atoms with Gasteiger partial charge in [0.25, 0.3) is 5.91 Å². The Morgan fingerprint density at radius 2 is 2.20 bits per heavy atom. The van der Waals surface area contributed by atoms with Crippen LogP contribution >= 0.6 is 11.6 Å². The van der Waals surface area contributed by atoms with E-state index in [1.807, 2.05) is 0 Å². The molecule has 0 atom stereocenters. The van der Waals surface area contributed by atoms with Crippen molar-refractivity contribution in [2.75, 3.05) is 6.61 Å². The predicted molar refractivity (Wildman–Crippen MR) is 74.8 cm³/mol. The van der Waals surface area contributed by atoms with Crippen LogP contribution < -0.4 is 10.1 Å². The number of ether oxygens (including phenoxy) is 1. The van der Waals surface area contributed by atoms with Gasteiger partial charge in [-0.3, -0.25) is 4.79 Å². The maximum atomic E-state index is 11.5. The van der Waals surface area contributed by atoms with Gasteiger partial charge in [-0.25, -0.2) is 4.79 Å². The number of rotatable bonds is 6. The first-order valence-corrected chi connectivity index (χ1v) is 6.55. The van der Waals surface area contributed by atoms with Crippen LogP contribution in [0, 0.1) is 0 Å². The number of hydrogen-bond donors (Lipinski definition) is 2. The molecular formula is C14H14ClNO4. The SMILES string of the molecule is O=C(O)C=Cc1ccc(OCC(=O)NC2CC2)c(Cl)c1. The number of amides is 1. The first-order valence-electron chi connectivity index (χ1n) is 6.17. The van der Waals surface area contributed by atoms with Gasteiger partial charge in [-0.1, -0.05) is 17.7 Å². The third-order valence-corrected chi connectivity index (χ3v) is 2.97. The molecule has 0 unspecified atom stereocenters. The smallest absolute Gasteiger partial charge is 0.328 e. The standard InChI is InChI=1S/C14H14ClNO4/c15-11-7-9(2-6-14(18)19)1-5-12(11)20-8-13(17)16-10-3-4-10/h1-2,5-7,10H,3-4,8H2,(H,16,17)(H,18,19). The van der Waals surface area contributed by atoms with E-state index >= 15 is 0 Å². The van der Waals surface area contributed by atoms with E-state index in [1.165, 1.54) is 6.08 Å². The highest BCUT2D eigenvalue weighted by Crippen LogP contribution is 2.26. The Kier molecular flexibility index (Phi) is 4.63. The maximum absolute atomic E-state index is 11.5. The van der Waals surface area contributed by atoms with E-state index in [0.29, 0.717) is 22.4 Å². The fraction of sp³-hybridized carbons (Fsp3) is 0.286. The second-order valence-electron chi connectivity index (χ2n) is 4.49. The number of carboxylic acids is 1. The number of aliphatic carboxylic acids is 1. The molecule has 1 aromatic rings. The average Bonchev–Trinajstić information content (AvgIpc) is 3.19. The van der Waals surface area contributed by atoms with Gasteiger partial charge in [0.15, 0.2) is 6.61 Å². The number of hydrogen-bond acceptors (Lipinski definition) is 3. The van der Waals surface area contributed by atoms with E-state index in [1.54, 1.807) is 18.2 Å². The Morgan fingerprint density at radius 1 is 1.45 bits per heavy atom. The van der Waals surface area contributed by atoms with E-state index in [-0.39, 0.29) is 12.5 Å². The van der Waals surface area contributed by atoms with Gasteiger partial charge in [-0.05, 0) is 36.6 Å². The molecule has 1 amide bonds. The third kappa shape index (κ3) is 4.59. The molecule has 0 aliphatic heterocycles. The molecular weight excluding hydrogens is 282 g/mol. The van der Waals surface area contributed by atoms with E-state index in [2.05, 4.69) is 5.32 Å². The lowest BCUT2D eigenvalue weighted by molar-refractivity contribution is -0.131. The first kappa shape index (κ1) is 14.4. The zero-order valence-electron chi connectivity index (χ0n) is 10.6. The zero-order valence-corrected chi connectivity index (χ0v) is 11.4. The van der Waals surface area contributed by atoms with Gasteiger partial charge >= 0.3 is 5.97 Å². The van der Waals surface area contributed by atoms with E-state index < -0.39 is 5.97 Å². The molecule has 5 nitrogen and oxygen atoms in total. The third-order valence-electron chi connectivity index (χ3n) is 2.68. The Labute approximate surface area is 121 Å². The van der Waals surface area contributed by atoms with Crippen molar-refractivity contribution >= 4 is 29.6 Å². The number of carboxylic acid groups (broad SMARTS) is 1. The second-order valence-corrected chi connectivity index (χ2v) is 4.90. The van der Waals surface area contributed by atoms with Gasteiger partial charge in [0.05, 0.1) is 5.02 Å². The molecule has 0 saturated heterocycles. The van der Waals surface area contributed by atoms with Crippen molar-refractivity contribution in [2.45, 2.75) is 18.9 Å². The molecule has 6 heteroatoms. The second kappa shape index (κ2) is 6.43. The topological polar surface area (TPSA) is 75.6 Å². The van der Waals surface area contributed by atoms with Crippen molar-refractivity contribution in [1.82, 2.24) is 5.32 Å². The molecule has 1 aromatic carbocycles. The lowest BCUT2D eigenvalue weighted by Gasteiger charge is -2.08. The summed E-state index contributed by atoms with van der Waals surface area (Å²) in [5.74, 6) is -0.804. The zero-order chi connectivity index (χ0) is 14.5. The van der Waals surface area contributed by atoms with Crippen molar-refractivity contribution in [3.8, 4) is 5.75 Å². The van der Waals surface area contributed by atoms with Crippen LogP contribution in [0.2, 0.25) is 5.02 Å². The van der Waals surface area contributed by atoms with E-state index in [4.69, 9.17) is 21.4 Å². The summed E-state index contributed by atoms with van der Waals surface area (Å²) in [7, 11) is 0. The minimum absolute atomic E-state index is 0.0828. The van der Waals surface area contributed by atoms with Crippen LogP contribution in [0.4, 0.5) is 0 Å². The average molecular weight is 296 g/mol. The van der Waals surface area contributed by atoms with Gasteiger partial charge < -0.3 is 15.2 Å². The monoisotopic (exact) mass is 295 g/mol. The molecule has 0 bridgehead atoms. The first-order chi connectivity index (χ1) is 9.54. The van der Waals surface area contributed by atoms with Crippen LogP contribution in [-0.4, -0.2) is 29.6 Å². The number of nitrogens with one attached hydrogen (secondary N) is 1. The van der Waals surface area contributed by atoms with Crippen LogP contribution in [0.3, 0.4) is 0 Å². The molecule has 0 spiro atoms.